The molecule has 2 amide bonds. The number of hydrogen-bond donors (Lipinski definition) is 1. The third kappa shape index (κ3) is 5.20. The number of thioether (sulfide) groups is 1. The van der Waals surface area contributed by atoms with Crippen LogP contribution in [0.25, 0.3) is 5.69 Å². The molecular formula is C21H22ClN5O2S. The molecule has 7 nitrogen and oxygen atoms in total. The van der Waals surface area contributed by atoms with Crippen molar-refractivity contribution in [3.05, 3.63) is 70.5 Å². The normalized spacial score (nSPS) is 10.7. The molecule has 9 heteroatoms. The molecule has 1 heterocycles. The van der Waals surface area contributed by atoms with Gasteiger partial charge in [0.15, 0.2) is 5.16 Å². The Labute approximate surface area is 184 Å². The third-order valence-corrected chi connectivity index (χ3v) is 5.90. The zero-order valence-corrected chi connectivity index (χ0v) is 18.5. The van der Waals surface area contributed by atoms with E-state index in [2.05, 4.69) is 15.5 Å². The molecule has 3 aromatic rings. The quantitative estimate of drug-likeness (QED) is 0.566. The van der Waals surface area contributed by atoms with Crippen LogP contribution in [-0.2, 0) is 11.3 Å². The maximum Gasteiger partial charge on any atom is 0.251 e. The van der Waals surface area contributed by atoms with Crippen molar-refractivity contribution in [2.24, 2.45) is 0 Å². The van der Waals surface area contributed by atoms with E-state index in [-0.39, 0.29) is 17.6 Å². The monoisotopic (exact) mass is 443 g/mol. The standard InChI is InChI=1S/C21H22ClN5O2S/c1-14-4-9-17(10-18(14)22)27-13-24-25-21(27)30-12-19(28)26(3)11-15-5-7-16(8-6-15)20(29)23-2/h4-10,13H,11-12H2,1-3H3,(H,23,29). The highest BCUT2D eigenvalue weighted by atomic mass is 35.5. The van der Waals surface area contributed by atoms with Gasteiger partial charge in [-0.2, -0.15) is 0 Å². The molecule has 0 saturated heterocycles. The Kier molecular flexibility index (Phi) is 7.12. The van der Waals surface area contributed by atoms with Crippen LogP contribution in [0.3, 0.4) is 0 Å². The number of amides is 2. The summed E-state index contributed by atoms with van der Waals surface area (Å²) in [5.41, 5.74) is 3.36. The number of nitrogens with zero attached hydrogens (tertiary/aromatic N) is 4. The molecule has 0 fully saturated rings. The van der Waals surface area contributed by atoms with E-state index in [0.717, 1.165) is 16.8 Å². The van der Waals surface area contributed by atoms with Crippen molar-refractivity contribution in [1.82, 2.24) is 25.0 Å². The zero-order valence-electron chi connectivity index (χ0n) is 16.9. The number of carbonyl (C=O) groups excluding carboxylic acids is 2. The number of halogens is 1. The molecule has 30 heavy (non-hydrogen) atoms. The SMILES string of the molecule is CNC(=O)c1ccc(CN(C)C(=O)CSc2nncn2-c2ccc(C)c(Cl)c2)cc1. The number of aryl methyl sites for hydroxylation is 1. The molecule has 2 aromatic carbocycles. The van der Waals surface area contributed by atoms with Crippen LogP contribution in [0.1, 0.15) is 21.5 Å². The minimum absolute atomic E-state index is 0.0353. The highest BCUT2D eigenvalue weighted by molar-refractivity contribution is 7.99. The van der Waals surface area contributed by atoms with Crippen LogP contribution >= 0.6 is 23.4 Å². The van der Waals surface area contributed by atoms with Crippen LogP contribution in [0.4, 0.5) is 0 Å². The van der Waals surface area contributed by atoms with Crippen molar-refractivity contribution in [1.29, 1.82) is 0 Å². The lowest BCUT2D eigenvalue weighted by Gasteiger charge is -2.17. The summed E-state index contributed by atoms with van der Waals surface area (Å²) in [7, 11) is 3.34. The summed E-state index contributed by atoms with van der Waals surface area (Å²) in [6.07, 6.45) is 1.60. The summed E-state index contributed by atoms with van der Waals surface area (Å²) in [6, 6.07) is 12.9. The molecule has 0 bridgehead atoms. The maximum atomic E-state index is 12.6. The van der Waals surface area contributed by atoms with Crippen molar-refractivity contribution in [2.45, 2.75) is 18.6 Å². The van der Waals surface area contributed by atoms with Crippen molar-refractivity contribution in [2.75, 3.05) is 19.8 Å². The fourth-order valence-corrected chi connectivity index (χ4v) is 3.78. The van der Waals surface area contributed by atoms with Crippen LogP contribution in [0.15, 0.2) is 53.9 Å². The van der Waals surface area contributed by atoms with Gasteiger partial charge in [0.1, 0.15) is 6.33 Å². The predicted molar refractivity (Wildman–Crippen MR) is 118 cm³/mol. The zero-order chi connectivity index (χ0) is 21.7. The minimum Gasteiger partial charge on any atom is -0.355 e. The molecular weight excluding hydrogens is 422 g/mol. The molecule has 1 aromatic heterocycles. The molecule has 0 radical (unpaired) electrons. The Morgan fingerprint density at radius 3 is 2.60 bits per heavy atom. The van der Waals surface area contributed by atoms with Gasteiger partial charge in [-0.3, -0.25) is 14.2 Å². The molecule has 1 N–H and O–H groups in total. The third-order valence-electron chi connectivity index (χ3n) is 4.56. The largest absolute Gasteiger partial charge is 0.355 e. The molecule has 156 valence electrons. The second-order valence-corrected chi connectivity index (χ2v) is 8.08. The Balaban J connectivity index is 1.60. The number of hydrogen-bond acceptors (Lipinski definition) is 5. The highest BCUT2D eigenvalue weighted by Gasteiger charge is 2.14. The van der Waals surface area contributed by atoms with Gasteiger partial charge in [-0.05, 0) is 42.3 Å². The van der Waals surface area contributed by atoms with Crippen LogP contribution in [-0.4, -0.2) is 51.3 Å². The van der Waals surface area contributed by atoms with Crippen molar-refractivity contribution < 1.29 is 9.59 Å². The average Bonchev–Trinajstić information content (AvgIpc) is 3.22. The van der Waals surface area contributed by atoms with Gasteiger partial charge in [0.2, 0.25) is 5.91 Å². The number of rotatable bonds is 7. The smallest absolute Gasteiger partial charge is 0.251 e. The molecule has 0 atom stereocenters. The number of benzene rings is 2. The lowest BCUT2D eigenvalue weighted by atomic mass is 10.1. The van der Waals surface area contributed by atoms with Crippen LogP contribution in [0, 0.1) is 6.92 Å². The number of carbonyl (C=O) groups is 2. The second kappa shape index (κ2) is 9.77. The Morgan fingerprint density at radius 1 is 1.20 bits per heavy atom. The van der Waals surface area contributed by atoms with Crippen LogP contribution in [0.5, 0.6) is 0 Å². The minimum atomic E-state index is -0.138. The molecule has 3 rings (SSSR count). The first-order valence-corrected chi connectivity index (χ1v) is 10.6. The van der Waals surface area contributed by atoms with E-state index in [0.29, 0.717) is 22.3 Å². The first-order chi connectivity index (χ1) is 14.4. The topological polar surface area (TPSA) is 80.1 Å². The molecule has 0 aliphatic heterocycles. The predicted octanol–water partition coefficient (Wildman–Crippen LogP) is 3.34. The molecule has 0 unspecified atom stereocenters. The van der Waals surface area contributed by atoms with Crippen molar-refractivity contribution >= 4 is 35.2 Å². The average molecular weight is 444 g/mol. The summed E-state index contributed by atoms with van der Waals surface area (Å²) in [5, 5.41) is 11.9. The lowest BCUT2D eigenvalue weighted by Crippen LogP contribution is -2.28. The first-order valence-electron chi connectivity index (χ1n) is 9.23. The van der Waals surface area contributed by atoms with Gasteiger partial charge in [-0.25, -0.2) is 0 Å². The number of aromatic nitrogens is 3. The summed E-state index contributed by atoms with van der Waals surface area (Å²) >= 11 is 7.54. The molecule has 0 spiro atoms. The van der Waals surface area contributed by atoms with Gasteiger partial charge in [-0.15, -0.1) is 10.2 Å². The van der Waals surface area contributed by atoms with Crippen LogP contribution in [0.2, 0.25) is 5.02 Å². The maximum absolute atomic E-state index is 12.6. The second-order valence-electron chi connectivity index (χ2n) is 6.73. The summed E-state index contributed by atoms with van der Waals surface area (Å²) in [6.45, 7) is 2.39. The van der Waals surface area contributed by atoms with Gasteiger partial charge in [0.25, 0.3) is 5.91 Å². The molecule has 0 aliphatic carbocycles. The molecule has 0 saturated carbocycles. The fraction of sp³-hybridized carbons (Fsp3) is 0.238. The Morgan fingerprint density at radius 2 is 1.93 bits per heavy atom. The summed E-state index contributed by atoms with van der Waals surface area (Å²) in [4.78, 5) is 25.8. The van der Waals surface area contributed by atoms with E-state index in [1.807, 2.05) is 37.3 Å². The van der Waals surface area contributed by atoms with Crippen LogP contribution < -0.4 is 5.32 Å². The summed E-state index contributed by atoms with van der Waals surface area (Å²) in [5.74, 6) is 0.0544. The highest BCUT2D eigenvalue weighted by Crippen LogP contribution is 2.24. The lowest BCUT2D eigenvalue weighted by molar-refractivity contribution is -0.127. The van der Waals surface area contributed by atoms with Gasteiger partial charge < -0.3 is 10.2 Å². The van der Waals surface area contributed by atoms with E-state index < -0.39 is 0 Å². The Hall–Kier alpha value is -2.84. The van der Waals surface area contributed by atoms with Gasteiger partial charge in [0, 0.05) is 31.2 Å². The fourth-order valence-electron chi connectivity index (χ4n) is 2.74. The van der Waals surface area contributed by atoms with Crippen molar-refractivity contribution in [3.63, 3.8) is 0 Å². The van der Waals surface area contributed by atoms with Gasteiger partial charge >= 0.3 is 0 Å². The van der Waals surface area contributed by atoms with E-state index in [1.165, 1.54) is 11.8 Å². The Bertz CT molecular complexity index is 1050. The van der Waals surface area contributed by atoms with E-state index in [9.17, 15) is 9.59 Å². The van der Waals surface area contributed by atoms with E-state index in [1.54, 1.807) is 42.0 Å². The van der Waals surface area contributed by atoms with Crippen molar-refractivity contribution in [3.8, 4) is 5.69 Å². The van der Waals surface area contributed by atoms with E-state index in [4.69, 9.17) is 11.6 Å². The van der Waals surface area contributed by atoms with E-state index >= 15 is 0 Å². The van der Waals surface area contributed by atoms with Gasteiger partial charge in [-0.1, -0.05) is 41.6 Å². The first kappa shape index (κ1) is 21.9. The van der Waals surface area contributed by atoms with Gasteiger partial charge in [0.05, 0.1) is 11.4 Å². The summed E-state index contributed by atoms with van der Waals surface area (Å²) < 4.78 is 1.81. The number of nitrogens with one attached hydrogen (secondary N) is 1. The molecule has 0 aliphatic rings.